The average molecular weight is 486 g/mol. The molecule has 0 aliphatic carbocycles. The molecule has 1 saturated heterocycles. The standard InChI is InChI=1S/C26H31NO8/c1-17(35-25(30)13-19-11-22(32-2)15-23(12-19)33-3)9-21(28)14-24(29)27-20(16-34-26(27)31)10-18-7-5-4-6-8-18/h4-8,11-12,15,17,20-21,28H,9-10,13-14,16H2,1-3H3/t17-,20-,21+/m1/s1. The lowest BCUT2D eigenvalue weighted by Gasteiger charge is -2.22. The van der Waals surface area contributed by atoms with Crippen molar-refractivity contribution in [3.8, 4) is 11.5 Å². The molecule has 1 aliphatic heterocycles. The Morgan fingerprint density at radius 1 is 1.09 bits per heavy atom. The van der Waals surface area contributed by atoms with Crippen molar-refractivity contribution in [3.05, 3.63) is 59.7 Å². The van der Waals surface area contributed by atoms with Gasteiger partial charge in [-0.25, -0.2) is 9.69 Å². The van der Waals surface area contributed by atoms with E-state index in [-0.39, 0.29) is 25.9 Å². The molecule has 1 N–H and O–H groups in total. The Morgan fingerprint density at radius 3 is 2.37 bits per heavy atom. The van der Waals surface area contributed by atoms with Crippen LogP contribution in [-0.4, -0.2) is 67.1 Å². The van der Waals surface area contributed by atoms with E-state index < -0.39 is 36.2 Å². The molecule has 3 atom stereocenters. The van der Waals surface area contributed by atoms with E-state index in [1.807, 2.05) is 30.3 Å². The molecular formula is C26H31NO8. The molecule has 9 nitrogen and oxygen atoms in total. The fourth-order valence-corrected chi connectivity index (χ4v) is 4.02. The number of amides is 2. The molecule has 3 rings (SSSR count). The summed E-state index contributed by atoms with van der Waals surface area (Å²) < 4.78 is 20.9. The highest BCUT2D eigenvalue weighted by atomic mass is 16.6. The molecule has 2 aromatic rings. The van der Waals surface area contributed by atoms with Gasteiger partial charge < -0.3 is 24.1 Å². The average Bonchev–Trinajstić information content (AvgIpc) is 3.18. The molecule has 0 saturated carbocycles. The number of cyclic esters (lactones) is 1. The Hall–Kier alpha value is -3.59. The van der Waals surface area contributed by atoms with Gasteiger partial charge in [-0.15, -0.1) is 0 Å². The largest absolute Gasteiger partial charge is 0.497 e. The van der Waals surface area contributed by atoms with Crippen LogP contribution >= 0.6 is 0 Å². The van der Waals surface area contributed by atoms with Crippen molar-refractivity contribution in [2.45, 2.75) is 50.9 Å². The van der Waals surface area contributed by atoms with E-state index in [0.29, 0.717) is 23.5 Å². The first-order valence-corrected chi connectivity index (χ1v) is 11.4. The topological polar surface area (TPSA) is 112 Å². The quantitative estimate of drug-likeness (QED) is 0.484. The first-order chi connectivity index (χ1) is 16.8. The minimum atomic E-state index is -1.09. The number of ether oxygens (including phenoxy) is 4. The Balaban J connectivity index is 1.50. The van der Waals surface area contributed by atoms with E-state index in [9.17, 15) is 19.5 Å². The Labute approximate surface area is 204 Å². The molecule has 0 unspecified atom stereocenters. The predicted molar refractivity (Wildman–Crippen MR) is 126 cm³/mol. The van der Waals surface area contributed by atoms with Crippen LogP contribution in [0.2, 0.25) is 0 Å². The van der Waals surface area contributed by atoms with Crippen LogP contribution in [0, 0.1) is 0 Å². The number of carbonyl (C=O) groups excluding carboxylic acids is 3. The van der Waals surface area contributed by atoms with Gasteiger partial charge in [0, 0.05) is 12.5 Å². The SMILES string of the molecule is COc1cc(CC(=O)O[C@H](C)C[C@H](O)CC(=O)N2C(=O)OC[C@H]2Cc2ccccc2)cc(OC)c1. The molecule has 1 fully saturated rings. The molecule has 2 amide bonds. The van der Waals surface area contributed by atoms with Gasteiger partial charge in [0.05, 0.1) is 39.2 Å². The molecule has 1 aliphatic rings. The van der Waals surface area contributed by atoms with Gasteiger partial charge in [-0.1, -0.05) is 30.3 Å². The maximum absolute atomic E-state index is 12.8. The third-order valence-corrected chi connectivity index (χ3v) is 5.65. The van der Waals surface area contributed by atoms with Crippen LogP contribution in [0.4, 0.5) is 4.79 Å². The van der Waals surface area contributed by atoms with Gasteiger partial charge in [-0.2, -0.15) is 0 Å². The van der Waals surface area contributed by atoms with Gasteiger partial charge in [-0.05, 0) is 36.6 Å². The zero-order valence-electron chi connectivity index (χ0n) is 20.1. The van der Waals surface area contributed by atoms with Gasteiger partial charge in [-0.3, -0.25) is 9.59 Å². The van der Waals surface area contributed by atoms with E-state index in [1.54, 1.807) is 25.1 Å². The van der Waals surface area contributed by atoms with Crippen molar-refractivity contribution < 1.29 is 38.4 Å². The summed E-state index contributed by atoms with van der Waals surface area (Å²) in [6.07, 6.45) is -2.21. The van der Waals surface area contributed by atoms with Gasteiger partial charge in [0.15, 0.2) is 0 Å². The van der Waals surface area contributed by atoms with Crippen LogP contribution in [0.3, 0.4) is 0 Å². The molecule has 2 aromatic carbocycles. The highest BCUT2D eigenvalue weighted by Gasteiger charge is 2.38. The Morgan fingerprint density at radius 2 is 1.74 bits per heavy atom. The lowest BCUT2D eigenvalue weighted by atomic mass is 10.0. The number of methoxy groups -OCH3 is 2. The first kappa shape index (κ1) is 26.0. The highest BCUT2D eigenvalue weighted by molar-refractivity contribution is 5.93. The van der Waals surface area contributed by atoms with Crippen LogP contribution in [0.25, 0.3) is 0 Å². The predicted octanol–water partition coefficient (Wildman–Crippen LogP) is 2.91. The van der Waals surface area contributed by atoms with Crippen molar-refractivity contribution in [2.24, 2.45) is 0 Å². The monoisotopic (exact) mass is 485 g/mol. The lowest BCUT2D eigenvalue weighted by molar-refractivity contribution is -0.148. The molecule has 0 radical (unpaired) electrons. The van der Waals surface area contributed by atoms with E-state index >= 15 is 0 Å². The molecule has 188 valence electrons. The second-order valence-corrected chi connectivity index (χ2v) is 8.48. The van der Waals surface area contributed by atoms with Crippen LogP contribution in [0.15, 0.2) is 48.5 Å². The molecule has 0 aromatic heterocycles. The molecular weight excluding hydrogens is 454 g/mol. The lowest BCUT2D eigenvalue weighted by Crippen LogP contribution is -2.41. The minimum Gasteiger partial charge on any atom is -0.497 e. The summed E-state index contributed by atoms with van der Waals surface area (Å²) in [4.78, 5) is 38.4. The van der Waals surface area contributed by atoms with Crippen LogP contribution < -0.4 is 9.47 Å². The number of aliphatic hydroxyl groups excluding tert-OH is 1. The number of esters is 1. The van der Waals surface area contributed by atoms with Gasteiger partial charge >= 0.3 is 12.1 Å². The van der Waals surface area contributed by atoms with Crippen LogP contribution in [-0.2, 0) is 31.9 Å². The number of hydrogen-bond acceptors (Lipinski definition) is 8. The third-order valence-electron chi connectivity index (χ3n) is 5.65. The van der Waals surface area contributed by atoms with Gasteiger partial charge in [0.25, 0.3) is 0 Å². The second-order valence-electron chi connectivity index (χ2n) is 8.48. The summed E-state index contributed by atoms with van der Waals surface area (Å²) in [6.45, 7) is 1.75. The molecule has 0 bridgehead atoms. The van der Waals surface area contributed by atoms with Crippen molar-refractivity contribution in [1.82, 2.24) is 4.90 Å². The smallest absolute Gasteiger partial charge is 0.416 e. The van der Waals surface area contributed by atoms with Crippen molar-refractivity contribution >= 4 is 18.0 Å². The molecule has 35 heavy (non-hydrogen) atoms. The summed E-state index contributed by atoms with van der Waals surface area (Å²) in [7, 11) is 3.04. The first-order valence-electron chi connectivity index (χ1n) is 11.4. The third kappa shape index (κ3) is 7.45. The Bertz CT molecular complexity index is 1000. The summed E-state index contributed by atoms with van der Waals surface area (Å²) in [5.41, 5.74) is 1.63. The highest BCUT2D eigenvalue weighted by Crippen LogP contribution is 2.23. The number of nitrogens with zero attached hydrogens (tertiary/aromatic N) is 1. The van der Waals surface area contributed by atoms with Crippen molar-refractivity contribution in [3.63, 3.8) is 0 Å². The normalized spacial score (nSPS) is 16.9. The van der Waals surface area contributed by atoms with E-state index in [0.717, 1.165) is 10.5 Å². The van der Waals surface area contributed by atoms with E-state index in [1.165, 1.54) is 14.2 Å². The fraction of sp³-hybridized carbons (Fsp3) is 0.423. The molecule has 1 heterocycles. The Kier molecular flexibility index (Phi) is 9.08. The van der Waals surface area contributed by atoms with Gasteiger partial charge in [0.2, 0.25) is 5.91 Å². The summed E-state index contributed by atoms with van der Waals surface area (Å²) in [5, 5.41) is 10.4. The van der Waals surface area contributed by atoms with Gasteiger partial charge in [0.1, 0.15) is 24.2 Å². The summed E-state index contributed by atoms with van der Waals surface area (Å²) in [6, 6.07) is 14.2. The number of aliphatic hydroxyl groups is 1. The van der Waals surface area contributed by atoms with E-state index in [2.05, 4.69) is 0 Å². The number of rotatable bonds is 11. The minimum absolute atomic E-state index is 0.00624. The zero-order valence-corrected chi connectivity index (χ0v) is 20.1. The summed E-state index contributed by atoms with van der Waals surface area (Å²) >= 11 is 0. The molecule has 0 spiro atoms. The zero-order chi connectivity index (χ0) is 25.4. The number of benzene rings is 2. The summed E-state index contributed by atoms with van der Waals surface area (Å²) in [5.74, 6) is 0.0978. The van der Waals surface area contributed by atoms with Crippen molar-refractivity contribution in [2.75, 3.05) is 20.8 Å². The second kappa shape index (κ2) is 12.2. The maximum atomic E-state index is 12.8. The fourth-order valence-electron chi connectivity index (χ4n) is 4.02. The van der Waals surface area contributed by atoms with Crippen LogP contribution in [0.5, 0.6) is 11.5 Å². The number of hydrogen-bond donors (Lipinski definition) is 1. The molecule has 9 heteroatoms. The number of carbonyl (C=O) groups is 3. The number of imide groups is 1. The van der Waals surface area contributed by atoms with E-state index in [4.69, 9.17) is 18.9 Å². The van der Waals surface area contributed by atoms with Crippen molar-refractivity contribution in [1.29, 1.82) is 0 Å². The maximum Gasteiger partial charge on any atom is 0.416 e. The van der Waals surface area contributed by atoms with Crippen LogP contribution in [0.1, 0.15) is 30.9 Å².